The van der Waals surface area contributed by atoms with Gasteiger partial charge in [-0.2, -0.15) is 8.61 Å². The average Bonchev–Trinajstić information content (AvgIpc) is 3.22. The van der Waals surface area contributed by atoms with E-state index in [9.17, 15) is 16.8 Å². The molecule has 0 saturated carbocycles. The fourth-order valence-electron chi connectivity index (χ4n) is 3.28. The zero-order valence-corrected chi connectivity index (χ0v) is 18.0. The van der Waals surface area contributed by atoms with E-state index in [4.69, 9.17) is 14.2 Å². The van der Waals surface area contributed by atoms with Gasteiger partial charge in [0, 0.05) is 26.7 Å². The van der Waals surface area contributed by atoms with Crippen molar-refractivity contribution in [1.29, 1.82) is 0 Å². The van der Waals surface area contributed by atoms with Crippen molar-refractivity contribution < 1.29 is 31.0 Å². The van der Waals surface area contributed by atoms with Gasteiger partial charge in [0.25, 0.3) is 0 Å². The Morgan fingerprint density at radius 3 is 2.23 bits per heavy atom. The van der Waals surface area contributed by atoms with E-state index in [0.29, 0.717) is 24.7 Å². The normalized spacial score (nSPS) is 17.4. The quantitative estimate of drug-likeness (QED) is 0.647. The van der Waals surface area contributed by atoms with Crippen LogP contribution in [0.2, 0.25) is 0 Å². The molecular weight excluding hydrogens is 432 g/mol. The van der Waals surface area contributed by atoms with Crippen LogP contribution in [0.3, 0.4) is 0 Å². The first-order valence-corrected chi connectivity index (χ1v) is 12.2. The van der Waals surface area contributed by atoms with Crippen molar-refractivity contribution in [2.75, 3.05) is 40.1 Å². The van der Waals surface area contributed by atoms with E-state index in [1.54, 1.807) is 18.2 Å². The molecule has 0 aromatic heterocycles. The lowest BCUT2D eigenvalue weighted by atomic mass is 10.2. The third-order valence-corrected chi connectivity index (χ3v) is 8.71. The molecule has 0 radical (unpaired) electrons. The van der Waals surface area contributed by atoms with Crippen LogP contribution in [0, 0.1) is 0 Å². The number of fused-ring (bicyclic) bond motifs is 1. The maximum absolute atomic E-state index is 12.9. The van der Waals surface area contributed by atoms with Gasteiger partial charge < -0.3 is 14.2 Å². The van der Waals surface area contributed by atoms with Crippen molar-refractivity contribution in [2.24, 2.45) is 0 Å². The maximum atomic E-state index is 12.9. The summed E-state index contributed by atoms with van der Waals surface area (Å²) in [4.78, 5) is 0.0773. The van der Waals surface area contributed by atoms with E-state index >= 15 is 0 Å². The second kappa shape index (κ2) is 8.16. The van der Waals surface area contributed by atoms with Crippen LogP contribution in [0.4, 0.5) is 0 Å². The van der Waals surface area contributed by atoms with Gasteiger partial charge in [0.15, 0.2) is 11.5 Å². The molecule has 0 bridgehead atoms. The van der Waals surface area contributed by atoms with Crippen LogP contribution in [0.15, 0.2) is 52.3 Å². The minimum Gasteiger partial charge on any atom is -0.454 e. The lowest BCUT2D eigenvalue weighted by Crippen LogP contribution is -2.40. The van der Waals surface area contributed by atoms with Crippen LogP contribution in [-0.2, 0) is 31.3 Å². The number of benzene rings is 2. The van der Waals surface area contributed by atoms with E-state index < -0.39 is 20.0 Å². The van der Waals surface area contributed by atoms with E-state index in [1.807, 2.05) is 0 Å². The molecule has 4 rings (SSSR count). The predicted molar refractivity (Wildman–Crippen MR) is 107 cm³/mol. The molecule has 9 nitrogen and oxygen atoms in total. The average molecular weight is 455 g/mol. The van der Waals surface area contributed by atoms with Crippen LogP contribution >= 0.6 is 0 Å². The summed E-state index contributed by atoms with van der Waals surface area (Å²) < 4.78 is 69.6. The minimum absolute atomic E-state index is 0.0201. The molecule has 11 heteroatoms. The zero-order chi connectivity index (χ0) is 21.4. The van der Waals surface area contributed by atoms with E-state index in [2.05, 4.69) is 0 Å². The van der Waals surface area contributed by atoms with Crippen LogP contribution in [0.1, 0.15) is 5.56 Å². The molecule has 0 aliphatic carbocycles. The lowest BCUT2D eigenvalue weighted by Gasteiger charge is -2.26. The second-order valence-corrected chi connectivity index (χ2v) is 10.9. The molecule has 2 heterocycles. The van der Waals surface area contributed by atoms with E-state index in [1.165, 1.54) is 39.9 Å². The van der Waals surface area contributed by atoms with Gasteiger partial charge >= 0.3 is 0 Å². The maximum Gasteiger partial charge on any atom is 0.243 e. The summed E-state index contributed by atoms with van der Waals surface area (Å²) in [6.07, 6.45) is 0. The highest BCUT2D eigenvalue weighted by Gasteiger charge is 2.28. The summed E-state index contributed by atoms with van der Waals surface area (Å²) in [6.45, 7) is 1.52. The molecule has 2 aromatic rings. The highest BCUT2D eigenvalue weighted by atomic mass is 32.2. The predicted octanol–water partition coefficient (Wildman–Crippen LogP) is 1.26. The summed E-state index contributed by atoms with van der Waals surface area (Å²) in [5.41, 5.74) is 0.747. The number of sulfonamides is 2. The topological polar surface area (TPSA) is 102 Å². The third-order valence-electron chi connectivity index (χ3n) is 4.98. The molecule has 0 amide bonds. The Morgan fingerprint density at radius 2 is 1.53 bits per heavy atom. The molecule has 2 aliphatic heterocycles. The molecule has 0 N–H and O–H groups in total. The molecule has 0 atom stereocenters. The number of nitrogens with zero attached hydrogens (tertiary/aromatic N) is 2. The Bertz CT molecular complexity index is 1130. The molecule has 0 unspecified atom stereocenters. The number of rotatable bonds is 6. The first-order valence-electron chi connectivity index (χ1n) is 9.31. The minimum atomic E-state index is -3.81. The molecule has 2 aromatic carbocycles. The van der Waals surface area contributed by atoms with E-state index in [0.717, 1.165) is 5.56 Å². The summed E-state index contributed by atoms with van der Waals surface area (Å²) in [5, 5.41) is 0. The SMILES string of the molecule is CN(Cc1ccc2c(c1)OCO2)S(=O)(=O)c1ccc(S(=O)(=O)N2CCOCC2)cc1. The number of hydrogen-bond donors (Lipinski definition) is 0. The van der Waals surface area contributed by atoms with Crippen LogP contribution < -0.4 is 9.47 Å². The van der Waals surface area contributed by atoms with Gasteiger partial charge in [-0.05, 0) is 42.0 Å². The molecule has 1 fully saturated rings. The highest BCUT2D eigenvalue weighted by Crippen LogP contribution is 2.33. The first-order chi connectivity index (χ1) is 14.3. The van der Waals surface area contributed by atoms with Gasteiger partial charge in [0.2, 0.25) is 26.8 Å². The van der Waals surface area contributed by atoms with Gasteiger partial charge in [0.05, 0.1) is 23.0 Å². The third kappa shape index (κ3) is 4.03. The van der Waals surface area contributed by atoms with Crippen molar-refractivity contribution in [2.45, 2.75) is 16.3 Å². The number of ether oxygens (including phenoxy) is 3. The Labute approximate surface area is 175 Å². The smallest absolute Gasteiger partial charge is 0.243 e. The van der Waals surface area contributed by atoms with Crippen LogP contribution in [0.25, 0.3) is 0 Å². The van der Waals surface area contributed by atoms with Gasteiger partial charge in [-0.1, -0.05) is 6.07 Å². The van der Waals surface area contributed by atoms with Crippen LogP contribution in [0.5, 0.6) is 11.5 Å². The Morgan fingerprint density at radius 1 is 0.900 bits per heavy atom. The van der Waals surface area contributed by atoms with Gasteiger partial charge in [-0.3, -0.25) is 0 Å². The molecule has 2 aliphatic rings. The van der Waals surface area contributed by atoms with Crippen molar-refractivity contribution in [3.8, 4) is 11.5 Å². The van der Waals surface area contributed by atoms with E-state index in [-0.39, 0.29) is 36.2 Å². The molecule has 30 heavy (non-hydrogen) atoms. The summed E-state index contributed by atoms with van der Waals surface area (Å²) in [6, 6.07) is 10.5. The van der Waals surface area contributed by atoms with Crippen molar-refractivity contribution in [3.05, 3.63) is 48.0 Å². The molecule has 162 valence electrons. The standard InChI is InChI=1S/C19H22N2O7S2/c1-20(13-15-2-7-18-19(12-15)28-14-27-18)29(22,23)16-3-5-17(6-4-16)30(24,25)21-8-10-26-11-9-21/h2-7,12H,8-11,13-14H2,1H3. The Kier molecular flexibility index (Phi) is 5.73. The van der Waals surface area contributed by atoms with Gasteiger partial charge in [-0.15, -0.1) is 0 Å². The lowest BCUT2D eigenvalue weighted by molar-refractivity contribution is 0.0730. The molecule has 1 saturated heterocycles. The van der Waals surface area contributed by atoms with Crippen molar-refractivity contribution >= 4 is 20.0 Å². The monoisotopic (exact) mass is 454 g/mol. The molecule has 0 spiro atoms. The molecular formula is C19H22N2O7S2. The first kappa shape index (κ1) is 21.1. The largest absolute Gasteiger partial charge is 0.454 e. The fraction of sp³-hybridized carbons (Fsp3) is 0.368. The van der Waals surface area contributed by atoms with Crippen molar-refractivity contribution in [3.63, 3.8) is 0 Å². The summed E-state index contributed by atoms with van der Waals surface area (Å²) in [7, 11) is -6.01. The Hall–Kier alpha value is -2.18. The zero-order valence-electron chi connectivity index (χ0n) is 16.4. The summed E-state index contributed by atoms with van der Waals surface area (Å²) >= 11 is 0. The number of hydrogen-bond acceptors (Lipinski definition) is 7. The van der Waals surface area contributed by atoms with Crippen molar-refractivity contribution in [1.82, 2.24) is 8.61 Å². The van der Waals surface area contributed by atoms with Gasteiger partial charge in [-0.25, -0.2) is 16.8 Å². The van der Waals surface area contributed by atoms with Crippen LogP contribution in [-0.4, -0.2) is 65.6 Å². The fourth-order valence-corrected chi connectivity index (χ4v) is 5.85. The highest BCUT2D eigenvalue weighted by molar-refractivity contribution is 7.89. The van der Waals surface area contributed by atoms with Gasteiger partial charge in [0.1, 0.15) is 0 Å². The Balaban J connectivity index is 1.51. The summed E-state index contributed by atoms with van der Waals surface area (Å²) in [5.74, 6) is 1.21. The number of morpholine rings is 1. The second-order valence-electron chi connectivity index (χ2n) is 6.94.